The lowest BCUT2D eigenvalue weighted by Gasteiger charge is -2.45. The summed E-state index contributed by atoms with van der Waals surface area (Å²) in [5.41, 5.74) is 5.25. The van der Waals surface area contributed by atoms with Gasteiger partial charge < -0.3 is 19.4 Å². The van der Waals surface area contributed by atoms with Crippen LogP contribution in [0.15, 0.2) is 66.7 Å². The predicted molar refractivity (Wildman–Crippen MR) is 154 cm³/mol. The fraction of sp³-hybridized carbons (Fsp3) is 0.355. The number of esters is 1. The van der Waals surface area contributed by atoms with Crippen LogP contribution in [-0.2, 0) is 9.53 Å². The zero-order valence-corrected chi connectivity index (χ0v) is 23.5. The first-order chi connectivity index (χ1) is 18.0. The highest BCUT2D eigenvalue weighted by atomic mass is 35.5. The third-order valence-electron chi connectivity index (χ3n) is 6.78. The van der Waals surface area contributed by atoms with Gasteiger partial charge in [-0.15, -0.1) is 5.69 Å². The Kier molecular flexibility index (Phi) is 8.44. The normalized spacial score (nSPS) is 17.1. The van der Waals surface area contributed by atoms with Crippen LogP contribution in [0.5, 0.6) is 0 Å². The molecule has 3 aromatic rings. The van der Waals surface area contributed by atoms with Crippen LogP contribution in [0.2, 0.25) is 5.02 Å². The van der Waals surface area contributed by atoms with E-state index in [-0.39, 0.29) is 24.0 Å². The third-order valence-corrected chi connectivity index (χ3v) is 7.03. The number of fused-ring (bicyclic) bond motifs is 1. The summed E-state index contributed by atoms with van der Waals surface area (Å²) in [6, 6.07) is 21.0. The molecule has 3 aromatic carbocycles. The van der Waals surface area contributed by atoms with Crippen molar-refractivity contribution in [2.24, 2.45) is 0 Å². The maximum atomic E-state index is 12.5. The van der Waals surface area contributed by atoms with E-state index >= 15 is 0 Å². The van der Waals surface area contributed by atoms with E-state index in [1.165, 1.54) is 0 Å². The van der Waals surface area contributed by atoms with Crippen LogP contribution in [0.25, 0.3) is 16.4 Å². The smallest absolute Gasteiger partial charge is 0.338 e. The molecule has 0 bridgehead atoms. The van der Waals surface area contributed by atoms with Gasteiger partial charge in [0.25, 0.3) is 0 Å². The first kappa shape index (κ1) is 27.7. The van der Waals surface area contributed by atoms with Gasteiger partial charge in [0.2, 0.25) is 5.91 Å². The number of hydrogen-bond donors (Lipinski definition) is 0. The maximum Gasteiger partial charge on any atom is 0.338 e. The molecule has 1 aliphatic rings. The Morgan fingerprint density at radius 1 is 1.00 bits per heavy atom. The van der Waals surface area contributed by atoms with Crippen molar-refractivity contribution < 1.29 is 18.8 Å². The molecule has 0 saturated carbocycles. The number of ether oxygens (including phenoxy) is 1. The number of rotatable bonds is 8. The van der Waals surface area contributed by atoms with Gasteiger partial charge in [-0.05, 0) is 60.4 Å². The largest absolute Gasteiger partial charge is 0.678 e. The van der Waals surface area contributed by atoms with Gasteiger partial charge in [0.1, 0.15) is 0 Å². The minimum atomic E-state index is -0.309. The molecule has 0 spiro atoms. The molecule has 0 aromatic heterocycles. The Morgan fingerprint density at radius 2 is 1.66 bits per heavy atom. The van der Waals surface area contributed by atoms with E-state index in [4.69, 9.17) is 21.7 Å². The second kappa shape index (κ2) is 11.6. The van der Waals surface area contributed by atoms with E-state index in [1.807, 2.05) is 53.4 Å². The van der Waals surface area contributed by atoms with Gasteiger partial charge >= 0.3 is 5.97 Å². The quantitative estimate of drug-likeness (QED) is 0.175. The fourth-order valence-electron chi connectivity index (χ4n) is 4.91. The average molecular weight is 534 g/mol. The van der Waals surface area contributed by atoms with Crippen LogP contribution in [0.4, 0.5) is 11.4 Å². The van der Waals surface area contributed by atoms with Crippen LogP contribution in [0.1, 0.15) is 48.7 Å². The summed E-state index contributed by atoms with van der Waals surface area (Å²) in [7, 11) is 6.36. The summed E-state index contributed by atoms with van der Waals surface area (Å²) in [5.74, 6) is -0.294. The monoisotopic (exact) mass is 533 g/mol. The van der Waals surface area contributed by atoms with Crippen LogP contribution in [0, 0.1) is 0 Å². The number of carbonyl (C=O) groups excluding carboxylic acids is 2. The lowest BCUT2D eigenvalue weighted by molar-refractivity contribution is -0.870. The summed E-state index contributed by atoms with van der Waals surface area (Å²) in [5, 5.41) is 5.68. The van der Waals surface area contributed by atoms with Crippen molar-refractivity contribution in [2.75, 3.05) is 39.2 Å². The highest BCUT2D eigenvalue weighted by Crippen LogP contribution is 2.46. The van der Waals surface area contributed by atoms with Crippen LogP contribution >= 0.6 is 11.6 Å². The highest BCUT2D eigenvalue weighted by Gasteiger charge is 2.29. The van der Waals surface area contributed by atoms with Crippen molar-refractivity contribution in [3.63, 3.8) is 0 Å². The molecule has 0 saturated heterocycles. The minimum Gasteiger partial charge on any atom is -0.678 e. The number of hydrogen-bond acceptors (Lipinski definition) is 3. The molecule has 1 aliphatic heterocycles. The van der Waals surface area contributed by atoms with Crippen LogP contribution in [-0.4, -0.2) is 56.7 Å². The lowest BCUT2D eigenvalue weighted by Crippen LogP contribution is -2.41. The molecule has 0 fully saturated rings. The molecule has 1 amide bonds. The molecule has 0 unspecified atom stereocenters. The van der Waals surface area contributed by atoms with E-state index in [9.17, 15) is 9.59 Å². The molecule has 0 N–H and O–H groups in total. The number of anilines is 1. The molecule has 200 valence electrons. The second-order valence-electron chi connectivity index (χ2n) is 10.9. The van der Waals surface area contributed by atoms with E-state index in [0.29, 0.717) is 17.2 Å². The van der Waals surface area contributed by atoms with Gasteiger partial charge in [-0.1, -0.05) is 54.0 Å². The number of benzene rings is 3. The summed E-state index contributed by atoms with van der Waals surface area (Å²) < 4.78 is 6.30. The fourth-order valence-corrected chi connectivity index (χ4v) is 5.03. The molecule has 6 nitrogen and oxygen atoms in total. The van der Waals surface area contributed by atoms with Crippen molar-refractivity contribution in [1.29, 1.82) is 0 Å². The summed E-state index contributed by atoms with van der Waals surface area (Å²) in [4.78, 5) is 26.9. The predicted octanol–water partition coefficient (Wildman–Crippen LogP) is 7.15. The summed E-state index contributed by atoms with van der Waals surface area (Å²) in [6.07, 6.45) is 1.54. The number of halogens is 1. The van der Waals surface area contributed by atoms with Crippen molar-refractivity contribution in [3.05, 3.63) is 88.2 Å². The van der Waals surface area contributed by atoms with E-state index in [1.54, 1.807) is 19.1 Å². The number of nitrogens with zero attached hydrogens (tertiary/aromatic N) is 3. The minimum absolute atomic E-state index is 0.0146. The number of quaternary nitrogens is 1. The van der Waals surface area contributed by atoms with Gasteiger partial charge in [0, 0.05) is 30.1 Å². The molecule has 38 heavy (non-hydrogen) atoms. The van der Waals surface area contributed by atoms with Crippen molar-refractivity contribution in [1.82, 2.24) is 0 Å². The zero-order chi connectivity index (χ0) is 27.4. The topological polar surface area (TPSA) is 60.7 Å². The van der Waals surface area contributed by atoms with E-state index in [2.05, 4.69) is 34.1 Å². The zero-order valence-electron chi connectivity index (χ0n) is 22.8. The molecule has 2 atom stereocenters. The van der Waals surface area contributed by atoms with Crippen molar-refractivity contribution in [3.8, 4) is 11.1 Å². The molecule has 1 heterocycles. The lowest BCUT2D eigenvalue weighted by atomic mass is 9.88. The molecule has 0 aliphatic carbocycles. The maximum absolute atomic E-state index is 12.5. The van der Waals surface area contributed by atoms with Gasteiger partial charge in [-0.25, -0.2) is 4.79 Å². The standard InChI is InChI=1S/C31H36ClN3O3/c1-21-19-29(33-27-14-12-26(32)13-15-27)28-20-25(11-16-30(28)34(21)22(2)36)23-7-9-24(10-8-23)31(37)38-18-6-17-35(3,4)5/h7-16,20-21,29H,6,17-19H2,1-5H3/t21-,29+/m0/s1. The Labute approximate surface area is 230 Å². The Hall–Kier alpha value is -3.35. The molecule has 7 heteroatoms. The van der Waals surface area contributed by atoms with Gasteiger partial charge in [-0.2, -0.15) is 0 Å². The SMILES string of the molecule is CC(=O)N1c2ccc(-c3ccc(C(=O)OCCC[N+](C)(C)C)cc3)cc2[C@H]([N-]c2ccc(Cl)cc2)C[C@@H]1C. The number of carbonyl (C=O) groups is 2. The van der Waals surface area contributed by atoms with E-state index < -0.39 is 0 Å². The highest BCUT2D eigenvalue weighted by molar-refractivity contribution is 6.30. The summed E-state index contributed by atoms with van der Waals surface area (Å²) >= 11 is 6.06. The first-order valence-corrected chi connectivity index (χ1v) is 13.4. The molecule has 0 radical (unpaired) electrons. The van der Waals surface area contributed by atoms with Gasteiger partial charge in [0.05, 0.1) is 39.9 Å². The first-order valence-electron chi connectivity index (χ1n) is 13.0. The second-order valence-corrected chi connectivity index (χ2v) is 11.4. The Balaban J connectivity index is 1.55. The molecular formula is C31H36ClN3O3. The van der Waals surface area contributed by atoms with Crippen LogP contribution < -0.4 is 4.90 Å². The Morgan fingerprint density at radius 3 is 2.29 bits per heavy atom. The Bertz CT molecular complexity index is 1280. The van der Waals surface area contributed by atoms with Crippen LogP contribution in [0.3, 0.4) is 0 Å². The van der Waals surface area contributed by atoms with E-state index in [0.717, 1.165) is 51.9 Å². The number of amides is 1. The molecular weight excluding hydrogens is 498 g/mol. The van der Waals surface area contributed by atoms with Gasteiger partial charge in [-0.3, -0.25) is 4.79 Å². The average Bonchev–Trinajstić information content (AvgIpc) is 2.87. The third kappa shape index (κ3) is 6.74. The van der Waals surface area contributed by atoms with Crippen molar-refractivity contribution >= 4 is 34.9 Å². The van der Waals surface area contributed by atoms with Crippen molar-refractivity contribution in [2.45, 2.75) is 38.8 Å². The molecule has 4 rings (SSSR count). The van der Waals surface area contributed by atoms with Gasteiger partial charge in [0.15, 0.2) is 0 Å². The summed E-state index contributed by atoms with van der Waals surface area (Å²) in [6.45, 7) is 5.01.